The summed E-state index contributed by atoms with van der Waals surface area (Å²) in [5, 5.41) is 15.8. The van der Waals surface area contributed by atoms with E-state index in [1.165, 1.54) is 16.7 Å². The van der Waals surface area contributed by atoms with Crippen molar-refractivity contribution < 1.29 is 19.3 Å². The van der Waals surface area contributed by atoms with Crippen LogP contribution in [0.25, 0.3) is 0 Å². The zero-order valence-corrected chi connectivity index (χ0v) is 20.4. The number of rotatable bonds is 18. The van der Waals surface area contributed by atoms with Crippen molar-refractivity contribution in [2.45, 2.75) is 5.54 Å². The van der Waals surface area contributed by atoms with Crippen molar-refractivity contribution in [2.24, 2.45) is 0 Å². The van der Waals surface area contributed by atoms with Gasteiger partial charge in [0.2, 0.25) is 0 Å². The lowest BCUT2D eigenvalue weighted by Crippen LogP contribution is -2.46. The van der Waals surface area contributed by atoms with Crippen LogP contribution in [-0.4, -0.2) is 71.0 Å². The lowest BCUT2D eigenvalue weighted by atomic mass is 9.77. The maximum absolute atomic E-state index is 8.65. The van der Waals surface area contributed by atoms with Crippen LogP contribution in [0.2, 0.25) is 0 Å². The van der Waals surface area contributed by atoms with Crippen LogP contribution in [-0.2, 0) is 19.7 Å². The molecule has 0 saturated carbocycles. The molecular weight excluding hydrogens is 440 g/mol. The molecule has 0 bridgehead atoms. The quantitative estimate of drug-likeness (QED) is 0.193. The largest absolute Gasteiger partial charge is 0.394 e. The maximum Gasteiger partial charge on any atom is 0.0948 e. The SMILES string of the molecule is OCCOCCOCCNCCOCCNC(c1ccccc1)(c1ccccc1)c1ccccc1. The van der Waals surface area contributed by atoms with Crippen molar-refractivity contribution in [1.29, 1.82) is 0 Å². The molecule has 0 aliphatic carbocycles. The maximum atomic E-state index is 8.65. The van der Waals surface area contributed by atoms with Crippen LogP contribution in [0.15, 0.2) is 91.0 Å². The third-order valence-corrected chi connectivity index (χ3v) is 5.71. The number of hydrogen-bond acceptors (Lipinski definition) is 6. The fourth-order valence-electron chi connectivity index (χ4n) is 4.08. The number of aliphatic hydroxyl groups excluding tert-OH is 1. The van der Waals surface area contributed by atoms with Crippen molar-refractivity contribution in [2.75, 3.05) is 65.9 Å². The summed E-state index contributed by atoms with van der Waals surface area (Å²) in [5.41, 5.74) is 3.12. The normalized spacial score (nSPS) is 11.6. The molecule has 0 aliphatic rings. The van der Waals surface area contributed by atoms with Crippen LogP contribution in [0.5, 0.6) is 0 Å². The van der Waals surface area contributed by atoms with Crippen LogP contribution in [0.1, 0.15) is 16.7 Å². The summed E-state index contributed by atoms with van der Waals surface area (Å²) in [6, 6.07) is 31.8. The Morgan fingerprint density at radius 2 is 0.914 bits per heavy atom. The van der Waals surface area contributed by atoms with E-state index in [0.29, 0.717) is 46.2 Å². The highest BCUT2D eigenvalue weighted by Crippen LogP contribution is 2.36. The predicted molar refractivity (Wildman–Crippen MR) is 140 cm³/mol. The molecule has 0 atom stereocenters. The van der Waals surface area contributed by atoms with Gasteiger partial charge in [0.25, 0.3) is 0 Å². The summed E-state index contributed by atoms with van der Waals surface area (Å²) in [4.78, 5) is 0. The number of hydrogen-bond donors (Lipinski definition) is 3. The Morgan fingerprint density at radius 1 is 0.514 bits per heavy atom. The van der Waals surface area contributed by atoms with Gasteiger partial charge in [-0.15, -0.1) is 0 Å². The highest BCUT2D eigenvalue weighted by atomic mass is 16.5. The van der Waals surface area contributed by atoms with Gasteiger partial charge < -0.3 is 24.6 Å². The highest BCUT2D eigenvalue weighted by Gasteiger charge is 2.35. The second kappa shape index (κ2) is 16.2. The molecule has 0 unspecified atom stereocenters. The molecule has 0 saturated heterocycles. The van der Waals surface area contributed by atoms with E-state index in [1.807, 2.05) is 0 Å². The van der Waals surface area contributed by atoms with Crippen LogP contribution >= 0.6 is 0 Å². The zero-order chi connectivity index (χ0) is 24.4. The number of benzene rings is 3. The van der Waals surface area contributed by atoms with E-state index in [-0.39, 0.29) is 6.61 Å². The van der Waals surface area contributed by atoms with Crippen molar-refractivity contribution in [1.82, 2.24) is 10.6 Å². The molecule has 3 N–H and O–H groups in total. The first-order valence-corrected chi connectivity index (χ1v) is 12.3. The van der Waals surface area contributed by atoms with Crippen molar-refractivity contribution in [3.63, 3.8) is 0 Å². The van der Waals surface area contributed by atoms with Gasteiger partial charge in [-0.05, 0) is 16.7 Å². The average molecular weight is 479 g/mol. The minimum Gasteiger partial charge on any atom is -0.394 e. The average Bonchev–Trinajstić information content (AvgIpc) is 2.93. The van der Waals surface area contributed by atoms with Gasteiger partial charge in [-0.2, -0.15) is 0 Å². The van der Waals surface area contributed by atoms with Crippen molar-refractivity contribution in [3.8, 4) is 0 Å². The standard InChI is InChI=1S/C29H38N2O4/c32-19-23-35-25-24-34-21-17-30-16-20-33-22-18-31-29(26-10-4-1-5-11-26,27-12-6-2-7-13-27)28-14-8-3-9-15-28/h1-15,30-32H,16-25H2. The lowest BCUT2D eigenvalue weighted by Gasteiger charge is -2.37. The van der Waals surface area contributed by atoms with E-state index < -0.39 is 5.54 Å². The number of ether oxygens (including phenoxy) is 3. The minimum absolute atomic E-state index is 0.0445. The third kappa shape index (κ3) is 8.54. The summed E-state index contributed by atoms with van der Waals surface area (Å²) < 4.78 is 16.5. The summed E-state index contributed by atoms with van der Waals surface area (Å²) in [6.07, 6.45) is 0. The van der Waals surface area contributed by atoms with Gasteiger partial charge in [0.05, 0.1) is 51.8 Å². The molecule has 3 aromatic carbocycles. The lowest BCUT2D eigenvalue weighted by molar-refractivity contribution is 0.0336. The molecule has 0 amide bonds. The van der Waals surface area contributed by atoms with E-state index in [1.54, 1.807) is 0 Å². The summed E-state index contributed by atoms with van der Waals surface area (Å²) in [7, 11) is 0. The molecule has 6 nitrogen and oxygen atoms in total. The monoisotopic (exact) mass is 478 g/mol. The van der Waals surface area contributed by atoms with Gasteiger partial charge in [-0.1, -0.05) is 91.0 Å². The van der Waals surface area contributed by atoms with E-state index >= 15 is 0 Å². The molecule has 35 heavy (non-hydrogen) atoms. The van der Waals surface area contributed by atoms with E-state index in [9.17, 15) is 0 Å². The van der Waals surface area contributed by atoms with Crippen molar-refractivity contribution in [3.05, 3.63) is 108 Å². The van der Waals surface area contributed by atoms with Crippen molar-refractivity contribution >= 4 is 0 Å². The molecule has 0 heterocycles. The zero-order valence-electron chi connectivity index (χ0n) is 20.4. The summed E-state index contributed by atoms with van der Waals surface area (Å²) >= 11 is 0. The van der Waals surface area contributed by atoms with Crippen LogP contribution in [0, 0.1) is 0 Å². The van der Waals surface area contributed by atoms with Crippen LogP contribution in [0.3, 0.4) is 0 Å². The molecule has 0 spiro atoms. The molecule has 0 aromatic heterocycles. The number of nitrogens with one attached hydrogen (secondary N) is 2. The van der Waals surface area contributed by atoms with Gasteiger partial charge in [0.15, 0.2) is 0 Å². The fourth-order valence-corrected chi connectivity index (χ4v) is 4.08. The summed E-state index contributed by atoms with van der Waals surface area (Å²) in [5.74, 6) is 0. The number of aliphatic hydroxyl groups is 1. The summed E-state index contributed by atoms with van der Waals surface area (Å²) in [6.45, 7) is 5.55. The second-order valence-electron chi connectivity index (χ2n) is 8.09. The fraction of sp³-hybridized carbons (Fsp3) is 0.379. The Balaban J connectivity index is 1.49. The minimum atomic E-state index is -0.469. The molecule has 3 rings (SSSR count). The molecule has 0 fully saturated rings. The predicted octanol–water partition coefficient (Wildman–Crippen LogP) is 3.20. The van der Waals surface area contributed by atoms with Crippen LogP contribution < -0.4 is 10.6 Å². The van der Waals surface area contributed by atoms with Gasteiger partial charge in [-0.25, -0.2) is 0 Å². The molecule has 0 radical (unpaired) electrons. The molecule has 3 aromatic rings. The van der Waals surface area contributed by atoms with Gasteiger partial charge in [0, 0.05) is 19.6 Å². The Hall–Kier alpha value is -2.58. The van der Waals surface area contributed by atoms with Crippen LogP contribution in [0.4, 0.5) is 0 Å². The van der Waals surface area contributed by atoms with E-state index in [4.69, 9.17) is 19.3 Å². The Bertz CT molecular complexity index is 813. The highest BCUT2D eigenvalue weighted by molar-refractivity contribution is 5.49. The first-order valence-electron chi connectivity index (χ1n) is 12.3. The Morgan fingerprint density at radius 3 is 1.37 bits per heavy atom. The van der Waals surface area contributed by atoms with Gasteiger partial charge in [-0.3, -0.25) is 5.32 Å². The Kier molecular flexibility index (Phi) is 12.5. The van der Waals surface area contributed by atoms with E-state index in [0.717, 1.165) is 13.1 Å². The topological polar surface area (TPSA) is 72.0 Å². The molecule has 0 aliphatic heterocycles. The van der Waals surface area contributed by atoms with Gasteiger partial charge in [0.1, 0.15) is 0 Å². The Labute approximate surface area is 209 Å². The third-order valence-electron chi connectivity index (χ3n) is 5.71. The second-order valence-corrected chi connectivity index (χ2v) is 8.09. The van der Waals surface area contributed by atoms with E-state index in [2.05, 4.69) is 102 Å². The molecule has 188 valence electrons. The first-order chi connectivity index (χ1) is 17.4. The molecule has 6 heteroatoms. The van der Waals surface area contributed by atoms with Gasteiger partial charge >= 0.3 is 0 Å². The smallest absolute Gasteiger partial charge is 0.0948 e. The molecular formula is C29H38N2O4. The first kappa shape index (κ1) is 27.0.